The Labute approximate surface area is 135 Å². The van der Waals surface area contributed by atoms with Gasteiger partial charge in [0, 0.05) is 24.8 Å². The molecule has 3 nitrogen and oxygen atoms in total. The van der Waals surface area contributed by atoms with E-state index in [2.05, 4.69) is 29.5 Å². The topological polar surface area (TPSA) is 29.9 Å². The Hall–Kier alpha value is -2.46. The first-order valence-electron chi connectivity index (χ1n) is 7.66. The number of nitrogens with one attached hydrogen (secondary N) is 1. The quantitative estimate of drug-likeness (QED) is 0.778. The molecule has 0 aliphatic rings. The van der Waals surface area contributed by atoms with Crippen LogP contribution in [0.3, 0.4) is 0 Å². The number of aryl methyl sites for hydroxylation is 1. The molecule has 0 fully saturated rings. The molecule has 0 saturated carbocycles. The second-order valence-corrected chi connectivity index (χ2v) is 5.65. The van der Waals surface area contributed by atoms with E-state index in [1.807, 2.05) is 48.3 Å². The van der Waals surface area contributed by atoms with Crippen molar-refractivity contribution in [3.8, 4) is 0 Å². The fraction of sp³-hybridized carbons (Fsp3) is 0.211. The fourth-order valence-corrected chi connectivity index (χ4v) is 2.66. The molecule has 4 heteroatoms. The van der Waals surface area contributed by atoms with Crippen molar-refractivity contribution < 1.29 is 4.39 Å². The maximum absolute atomic E-state index is 13.2. The van der Waals surface area contributed by atoms with Crippen molar-refractivity contribution >= 4 is 0 Å². The van der Waals surface area contributed by atoms with Crippen LogP contribution in [-0.2, 0) is 13.6 Å². The van der Waals surface area contributed by atoms with Crippen LogP contribution in [0.5, 0.6) is 0 Å². The lowest BCUT2D eigenvalue weighted by Gasteiger charge is -2.20. The van der Waals surface area contributed by atoms with Crippen molar-refractivity contribution in [1.82, 2.24) is 15.1 Å². The van der Waals surface area contributed by atoms with Gasteiger partial charge in [0.25, 0.3) is 0 Å². The predicted molar refractivity (Wildman–Crippen MR) is 89.5 cm³/mol. The van der Waals surface area contributed by atoms with Crippen LogP contribution in [0, 0.1) is 12.7 Å². The molecule has 23 heavy (non-hydrogen) atoms. The summed E-state index contributed by atoms with van der Waals surface area (Å²) in [5, 5.41) is 7.84. The summed E-state index contributed by atoms with van der Waals surface area (Å²) < 4.78 is 15.1. The highest BCUT2D eigenvalue weighted by molar-refractivity contribution is 5.32. The molecule has 1 N–H and O–H groups in total. The van der Waals surface area contributed by atoms with Gasteiger partial charge in [-0.25, -0.2) is 4.39 Å². The Morgan fingerprint density at radius 1 is 1.04 bits per heavy atom. The predicted octanol–water partition coefficient (Wildman–Crippen LogP) is 3.75. The highest BCUT2D eigenvalue weighted by Crippen LogP contribution is 2.23. The summed E-state index contributed by atoms with van der Waals surface area (Å²) in [5.41, 5.74) is 4.50. The summed E-state index contributed by atoms with van der Waals surface area (Å²) in [4.78, 5) is 0. The molecule has 3 rings (SSSR count). The Morgan fingerprint density at radius 3 is 2.30 bits per heavy atom. The van der Waals surface area contributed by atoms with Crippen molar-refractivity contribution in [2.45, 2.75) is 19.5 Å². The zero-order chi connectivity index (χ0) is 16.2. The molecule has 1 heterocycles. The van der Waals surface area contributed by atoms with E-state index >= 15 is 0 Å². The lowest BCUT2D eigenvalue weighted by molar-refractivity contribution is 0.596. The second-order valence-electron chi connectivity index (χ2n) is 5.65. The van der Waals surface area contributed by atoms with Gasteiger partial charge in [0.05, 0.1) is 12.2 Å². The summed E-state index contributed by atoms with van der Waals surface area (Å²) in [6.45, 7) is 2.76. The number of rotatable bonds is 5. The minimum atomic E-state index is -0.219. The Kier molecular flexibility index (Phi) is 4.53. The number of hydrogen-bond donors (Lipinski definition) is 1. The van der Waals surface area contributed by atoms with Crippen molar-refractivity contribution in [1.29, 1.82) is 0 Å². The van der Waals surface area contributed by atoms with Gasteiger partial charge in [-0.1, -0.05) is 42.5 Å². The molecule has 0 radical (unpaired) electrons. The fourth-order valence-electron chi connectivity index (χ4n) is 2.66. The molecule has 1 aromatic heterocycles. The Bertz CT molecular complexity index is 763. The van der Waals surface area contributed by atoms with Crippen molar-refractivity contribution in [2.75, 3.05) is 0 Å². The SMILES string of the molecule is Cc1c(CN[C@@H](c2ccccc2)c2ccc(F)cc2)cnn1C. The molecular weight excluding hydrogens is 289 g/mol. The zero-order valence-electron chi connectivity index (χ0n) is 13.3. The molecular formula is C19H20FN3. The van der Waals surface area contributed by atoms with Gasteiger partial charge in [-0.2, -0.15) is 5.10 Å². The van der Waals surface area contributed by atoms with E-state index in [1.54, 1.807) is 0 Å². The number of halogens is 1. The lowest BCUT2D eigenvalue weighted by Crippen LogP contribution is -2.22. The van der Waals surface area contributed by atoms with Gasteiger partial charge in [-0.15, -0.1) is 0 Å². The first-order chi connectivity index (χ1) is 11.1. The first-order valence-corrected chi connectivity index (χ1v) is 7.66. The van der Waals surface area contributed by atoms with E-state index in [9.17, 15) is 4.39 Å². The molecule has 2 aromatic carbocycles. The third-order valence-electron chi connectivity index (χ3n) is 4.17. The monoisotopic (exact) mass is 309 g/mol. The van der Waals surface area contributed by atoms with Crippen molar-refractivity contribution in [3.63, 3.8) is 0 Å². The van der Waals surface area contributed by atoms with E-state index in [0.29, 0.717) is 6.54 Å². The van der Waals surface area contributed by atoms with Gasteiger partial charge < -0.3 is 5.32 Å². The average molecular weight is 309 g/mol. The van der Waals surface area contributed by atoms with Gasteiger partial charge in [-0.3, -0.25) is 4.68 Å². The van der Waals surface area contributed by atoms with Crippen LogP contribution in [-0.4, -0.2) is 9.78 Å². The number of aromatic nitrogens is 2. The largest absolute Gasteiger partial charge is 0.302 e. The van der Waals surface area contributed by atoms with Crippen LogP contribution in [0.4, 0.5) is 4.39 Å². The van der Waals surface area contributed by atoms with Crippen molar-refractivity contribution in [2.24, 2.45) is 7.05 Å². The number of benzene rings is 2. The van der Waals surface area contributed by atoms with Gasteiger partial charge in [-0.05, 0) is 30.2 Å². The maximum atomic E-state index is 13.2. The van der Waals surface area contributed by atoms with Gasteiger partial charge in [0.1, 0.15) is 5.82 Å². The van der Waals surface area contributed by atoms with E-state index in [1.165, 1.54) is 12.1 Å². The van der Waals surface area contributed by atoms with Crippen LogP contribution in [0.25, 0.3) is 0 Å². The minimum Gasteiger partial charge on any atom is -0.302 e. The standard InChI is InChI=1S/C19H20FN3/c1-14-17(13-22-23(14)2)12-21-19(15-6-4-3-5-7-15)16-8-10-18(20)11-9-16/h3-11,13,19,21H,12H2,1-2H3/t19-/m0/s1. The van der Waals surface area contributed by atoms with E-state index in [4.69, 9.17) is 0 Å². The molecule has 0 aliphatic heterocycles. The second kappa shape index (κ2) is 6.75. The Morgan fingerprint density at radius 2 is 1.70 bits per heavy atom. The van der Waals surface area contributed by atoms with Crippen LogP contribution in [0.1, 0.15) is 28.4 Å². The summed E-state index contributed by atoms with van der Waals surface area (Å²) in [6.07, 6.45) is 1.88. The van der Waals surface area contributed by atoms with Crippen molar-refractivity contribution in [3.05, 3.63) is 89.0 Å². The summed E-state index contributed by atoms with van der Waals surface area (Å²) in [6, 6.07) is 16.9. The van der Waals surface area contributed by atoms with Crippen LogP contribution in [0.15, 0.2) is 60.8 Å². The molecule has 118 valence electrons. The highest BCUT2D eigenvalue weighted by atomic mass is 19.1. The first kappa shape index (κ1) is 15.4. The molecule has 1 atom stereocenters. The molecule has 3 aromatic rings. The molecule has 0 saturated heterocycles. The third kappa shape index (κ3) is 3.48. The Balaban J connectivity index is 1.86. The third-order valence-corrected chi connectivity index (χ3v) is 4.17. The van der Waals surface area contributed by atoms with Crippen LogP contribution in [0.2, 0.25) is 0 Å². The molecule has 0 amide bonds. The van der Waals surface area contributed by atoms with Crippen LogP contribution >= 0.6 is 0 Å². The summed E-state index contributed by atoms with van der Waals surface area (Å²) in [5.74, 6) is -0.219. The normalized spacial score (nSPS) is 12.3. The number of nitrogens with zero attached hydrogens (tertiary/aromatic N) is 2. The summed E-state index contributed by atoms with van der Waals surface area (Å²) >= 11 is 0. The smallest absolute Gasteiger partial charge is 0.123 e. The highest BCUT2D eigenvalue weighted by Gasteiger charge is 2.14. The molecule has 0 aliphatic carbocycles. The molecule has 0 bridgehead atoms. The average Bonchev–Trinajstić information content (AvgIpc) is 2.90. The number of hydrogen-bond acceptors (Lipinski definition) is 2. The zero-order valence-corrected chi connectivity index (χ0v) is 13.3. The van der Waals surface area contributed by atoms with E-state index in [0.717, 1.165) is 22.4 Å². The van der Waals surface area contributed by atoms with Gasteiger partial charge in [0.2, 0.25) is 0 Å². The molecule has 0 unspecified atom stereocenters. The van der Waals surface area contributed by atoms with Gasteiger partial charge >= 0.3 is 0 Å². The van der Waals surface area contributed by atoms with Gasteiger partial charge in [0.15, 0.2) is 0 Å². The van der Waals surface area contributed by atoms with E-state index in [-0.39, 0.29) is 11.9 Å². The lowest BCUT2D eigenvalue weighted by atomic mass is 9.98. The maximum Gasteiger partial charge on any atom is 0.123 e. The summed E-state index contributed by atoms with van der Waals surface area (Å²) in [7, 11) is 1.94. The van der Waals surface area contributed by atoms with Crippen LogP contribution < -0.4 is 5.32 Å². The van der Waals surface area contributed by atoms with E-state index < -0.39 is 0 Å². The minimum absolute atomic E-state index is 0.0106. The molecule has 0 spiro atoms.